The highest BCUT2D eigenvalue weighted by Crippen LogP contribution is 2.20. The second-order valence-electron chi connectivity index (χ2n) is 6.10. The van der Waals surface area contributed by atoms with Gasteiger partial charge in [-0.3, -0.25) is 24.0 Å². The molecule has 25 heavy (non-hydrogen) atoms. The molecule has 0 saturated carbocycles. The number of likely N-dealkylation sites (tertiary alicyclic amines) is 1. The van der Waals surface area contributed by atoms with Crippen LogP contribution < -0.4 is 5.32 Å². The molecule has 0 radical (unpaired) electrons. The zero-order chi connectivity index (χ0) is 18.6. The number of likely N-dealkylation sites (N-methyl/N-ethyl adjacent to an activating group) is 1. The number of rotatable bonds is 7. The van der Waals surface area contributed by atoms with E-state index in [9.17, 15) is 14.4 Å². The number of amides is 2. The first-order valence-corrected chi connectivity index (χ1v) is 8.40. The highest BCUT2D eigenvalue weighted by atomic mass is 16.4. The van der Waals surface area contributed by atoms with E-state index >= 15 is 0 Å². The fourth-order valence-electron chi connectivity index (χ4n) is 3.22. The van der Waals surface area contributed by atoms with Crippen molar-refractivity contribution in [1.29, 1.82) is 0 Å². The van der Waals surface area contributed by atoms with Crippen LogP contribution in [-0.4, -0.2) is 80.7 Å². The molecule has 2 rings (SSSR count). The number of nitrogens with zero attached hydrogens (tertiary/aromatic N) is 4. The molecule has 1 aliphatic rings. The average molecular weight is 351 g/mol. The van der Waals surface area contributed by atoms with Crippen LogP contribution >= 0.6 is 0 Å². The van der Waals surface area contributed by atoms with E-state index in [1.54, 1.807) is 22.9 Å². The van der Waals surface area contributed by atoms with E-state index in [0.29, 0.717) is 31.7 Å². The first kappa shape index (κ1) is 18.9. The Morgan fingerprint density at radius 1 is 1.36 bits per heavy atom. The molecule has 1 fully saturated rings. The van der Waals surface area contributed by atoms with E-state index in [1.165, 1.54) is 10.9 Å². The molecule has 9 heteroatoms. The molecule has 2 N–H and O–H groups in total. The molecule has 9 nitrogen and oxygen atoms in total. The first-order valence-electron chi connectivity index (χ1n) is 8.40. The van der Waals surface area contributed by atoms with Crippen LogP contribution in [-0.2, 0) is 16.6 Å². The van der Waals surface area contributed by atoms with Crippen LogP contribution in [0.3, 0.4) is 0 Å². The van der Waals surface area contributed by atoms with E-state index in [-0.39, 0.29) is 24.4 Å². The van der Waals surface area contributed by atoms with Crippen molar-refractivity contribution in [1.82, 2.24) is 24.9 Å². The van der Waals surface area contributed by atoms with Crippen LogP contribution in [0.1, 0.15) is 30.8 Å². The van der Waals surface area contributed by atoms with Gasteiger partial charge in [-0.05, 0) is 26.3 Å². The lowest BCUT2D eigenvalue weighted by Crippen LogP contribution is -2.47. The zero-order valence-electron chi connectivity index (χ0n) is 14.8. The van der Waals surface area contributed by atoms with Gasteiger partial charge in [0.25, 0.3) is 5.91 Å². The standard InChI is InChI=1S/C16H25N5O4/c1-4-20(5-2)16(25)13-8-11(9-21(13)10-14(22)23)18-15(24)12-6-7-17-19(12)3/h6-7,11,13H,4-5,8-10H2,1-3H3,(H,18,24)(H,22,23)/t11-,13-/m0/s1. The molecule has 1 aromatic heterocycles. The fraction of sp³-hybridized carbons (Fsp3) is 0.625. The third kappa shape index (κ3) is 4.36. The smallest absolute Gasteiger partial charge is 0.317 e. The van der Waals surface area contributed by atoms with Crippen molar-refractivity contribution in [3.8, 4) is 0 Å². The van der Waals surface area contributed by atoms with E-state index in [4.69, 9.17) is 5.11 Å². The number of aromatic nitrogens is 2. The Bertz CT molecular complexity index is 640. The molecule has 0 aromatic carbocycles. The molecule has 1 saturated heterocycles. The summed E-state index contributed by atoms with van der Waals surface area (Å²) < 4.78 is 1.47. The Hall–Kier alpha value is -2.42. The van der Waals surface area contributed by atoms with Crippen molar-refractivity contribution in [2.24, 2.45) is 7.05 Å². The second-order valence-corrected chi connectivity index (χ2v) is 6.10. The lowest BCUT2D eigenvalue weighted by atomic mass is 10.1. The summed E-state index contributed by atoms with van der Waals surface area (Å²) >= 11 is 0. The molecule has 1 aromatic rings. The van der Waals surface area contributed by atoms with Crippen molar-refractivity contribution < 1.29 is 19.5 Å². The quantitative estimate of drug-likeness (QED) is 0.689. The topological polar surface area (TPSA) is 108 Å². The monoisotopic (exact) mass is 351 g/mol. The highest BCUT2D eigenvalue weighted by Gasteiger charge is 2.39. The third-order valence-corrected chi connectivity index (χ3v) is 4.49. The maximum Gasteiger partial charge on any atom is 0.317 e. The predicted molar refractivity (Wildman–Crippen MR) is 90.0 cm³/mol. The summed E-state index contributed by atoms with van der Waals surface area (Å²) in [4.78, 5) is 39.4. The second kappa shape index (κ2) is 8.11. The molecule has 0 unspecified atom stereocenters. The van der Waals surface area contributed by atoms with Crippen LogP contribution in [0, 0.1) is 0 Å². The summed E-state index contributed by atoms with van der Waals surface area (Å²) in [6, 6.07) is 0.789. The minimum Gasteiger partial charge on any atom is -0.480 e. The summed E-state index contributed by atoms with van der Waals surface area (Å²) in [7, 11) is 1.67. The van der Waals surface area contributed by atoms with Crippen LogP contribution in [0.4, 0.5) is 0 Å². The van der Waals surface area contributed by atoms with Crippen LogP contribution in [0.2, 0.25) is 0 Å². The van der Waals surface area contributed by atoms with Gasteiger partial charge in [0, 0.05) is 38.9 Å². The number of hydrogen-bond acceptors (Lipinski definition) is 5. The van der Waals surface area contributed by atoms with Gasteiger partial charge in [-0.1, -0.05) is 0 Å². The van der Waals surface area contributed by atoms with Gasteiger partial charge in [-0.2, -0.15) is 5.10 Å². The van der Waals surface area contributed by atoms with Gasteiger partial charge in [0.05, 0.1) is 12.6 Å². The van der Waals surface area contributed by atoms with Gasteiger partial charge in [0.15, 0.2) is 0 Å². The van der Waals surface area contributed by atoms with Gasteiger partial charge in [0.2, 0.25) is 5.91 Å². The van der Waals surface area contributed by atoms with Crippen LogP contribution in [0.5, 0.6) is 0 Å². The zero-order valence-corrected chi connectivity index (χ0v) is 14.8. The van der Waals surface area contributed by atoms with Crippen molar-refractivity contribution in [2.45, 2.75) is 32.4 Å². The number of carboxylic acid groups (broad SMARTS) is 1. The maximum atomic E-state index is 12.7. The number of aryl methyl sites for hydroxylation is 1. The Labute approximate surface area is 146 Å². The molecule has 2 amide bonds. The van der Waals surface area contributed by atoms with Crippen LogP contribution in [0.25, 0.3) is 0 Å². The summed E-state index contributed by atoms with van der Waals surface area (Å²) in [5.74, 6) is -1.37. The van der Waals surface area contributed by atoms with Crippen LogP contribution in [0.15, 0.2) is 12.3 Å². The minimum atomic E-state index is -0.990. The summed E-state index contributed by atoms with van der Waals surface area (Å²) in [5, 5.41) is 16.0. The van der Waals surface area contributed by atoms with Crippen molar-refractivity contribution in [2.75, 3.05) is 26.2 Å². The Kier molecular flexibility index (Phi) is 6.13. The average Bonchev–Trinajstić information content (AvgIpc) is 3.14. The largest absolute Gasteiger partial charge is 0.480 e. The van der Waals surface area contributed by atoms with Gasteiger partial charge in [0.1, 0.15) is 5.69 Å². The molecule has 2 heterocycles. The molecule has 2 atom stereocenters. The SMILES string of the molecule is CCN(CC)C(=O)[C@@H]1C[C@H](NC(=O)c2ccnn2C)CN1CC(=O)O. The van der Waals surface area contributed by atoms with E-state index in [2.05, 4.69) is 10.4 Å². The summed E-state index contributed by atoms with van der Waals surface area (Å²) in [6.07, 6.45) is 1.93. The molecular formula is C16H25N5O4. The predicted octanol–water partition coefficient (Wildman–Crippen LogP) is -0.454. The van der Waals surface area contributed by atoms with Crippen molar-refractivity contribution in [3.63, 3.8) is 0 Å². The molecule has 0 spiro atoms. The normalized spacial score (nSPS) is 20.4. The molecule has 0 bridgehead atoms. The number of hydrogen-bond donors (Lipinski definition) is 2. The van der Waals surface area contributed by atoms with E-state index in [0.717, 1.165) is 0 Å². The Morgan fingerprint density at radius 2 is 2.04 bits per heavy atom. The molecule has 1 aliphatic heterocycles. The Morgan fingerprint density at radius 3 is 2.56 bits per heavy atom. The van der Waals surface area contributed by atoms with Gasteiger partial charge >= 0.3 is 5.97 Å². The number of aliphatic carboxylic acids is 1. The van der Waals surface area contributed by atoms with E-state index in [1.807, 2.05) is 13.8 Å². The van der Waals surface area contributed by atoms with Crippen molar-refractivity contribution >= 4 is 17.8 Å². The number of carbonyl (C=O) groups is 3. The van der Waals surface area contributed by atoms with Gasteiger partial charge in [-0.25, -0.2) is 0 Å². The van der Waals surface area contributed by atoms with E-state index < -0.39 is 12.0 Å². The number of carboxylic acids is 1. The molecule has 0 aliphatic carbocycles. The maximum absolute atomic E-state index is 12.7. The number of carbonyl (C=O) groups excluding carboxylic acids is 2. The molecular weight excluding hydrogens is 326 g/mol. The lowest BCUT2D eigenvalue weighted by molar-refractivity contribution is -0.141. The highest BCUT2D eigenvalue weighted by molar-refractivity contribution is 5.93. The first-order chi connectivity index (χ1) is 11.9. The Balaban J connectivity index is 2.09. The van der Waals surface area contributed by atoms with Gasteiger partial charge < -0.3 is 15.3 Å². The lowest BCUT2D eigenvalue weighted by Gasteiger charge is -2.27. The minimum absolute atomic E-state index is 0.0940. The number of nitrogens with one attached hydrogen (secondary N) is 1. The van der Waals surface area contributed by atoms with Gasteiger partial charge in [-0.15, -0.1) is 0 Å². The summed E-state index contributed by atoms with van der Waals surface area (Å²) in [5.41, 5.74) is 0.420. The fourth-order valence-corrected chi connectivity index (χ4v) is 3.22. The molecule has 138 valence electrons. The third-order valence-electron chi connectivity index (χ3n) is 4.49. The summed E-state index contributed by atoms with van der Waals surface area (Å²) in [6.45, 7) is 5.01. The van der Waals surface area contributed by atoms with Crippen molar-refractivity contribution in [3.05, 3.63) is 18.0 Å².